The van der Waals surface area contributed by atoms with E-state index in [1.807, 2.05) is 18.2 Å². The monoisotopic (exact) mass is 287 g/mol. The number of benzene rings is 1. The van der Waals surface area contributed by atoms with Crippen LogP contribution in [0.1, 0.15) is 26.3 Å². The van der Waals surface area contributed by atoms with Gasteiger partial charge in [0.25, 0.3) is 0 Å². The van der Waals surface area contributed by atoms with Crippen LogP contribution in [0.4, 0.5) is 4.79 Å². The molecule has 0 fully saturated rings. The molecule has 1 aromatic carbocycles. The van der Waals surface area contributed by atoms with Gasteiger partial charge in [0.1, 0.15) is 5.60 Å². The van der Waals surface area contributed by atoms with Crippen molar-refractivity contribution in [3.05, 3.63) is 42.1 Å². The van der Waals surface area contributed by atoms with Crippen molar-refractivity contribution < 1.29 is 19.4 Å². The molecule has 0 bridgehead atoms. The van der Waals surface area contributed by atoms with Crippen LogP contribution < -0.4 is 0 Å². The van der Waals surface area contributed by atoms with Gasteiger partial charge in [-0.2, -0.15) is 0 Å². The van der Waals surface area contributed by atoms with E-state index < -0.39 is 17.7 Å². The minimum absolute atomic E-state index is 0.492. The van der Waals surface area contributed by atoms with E-state index in [2.05, 4.69) is 0 Å². The van der Waals surface area contributed by atoms with Crippen LogP contribution in [-0.4, -0.2) is 27.3 Å². The van der Waals surface area contributed by atoms with E-state index in [1.165, 1.54) is 10.6 Å². The van der Waals surface area contributed by atoms with E-state index in [0.29, 0.717) is 11.1 Å². The van der Waals surface area contributed by atoms with Crippen LogP contribution in [-0.2, 0) is 9.53 Å². The summed E-state index contributed by atoms with van der Waals surface area (Å²) >= 11 is 0. The summed E-state index contributed by atoms with van der Waals surface area (Å²) in [6.45, 7) is 5.38. The molecule has 1 heterocycles. The number of para-hydroxylation sites is 1. The molecule has 5 heteroatoms. The maximum Gasteiger partial charge on any atom is 0.419 e. The first-order valence-electron chi connectivity index (χ1n) is 6.52. The number of hydrogen-bond donors (Lipinski definition) is 1. The molecule has 0 aliphatic rings. The molecule has 0 radical (unpaired) electrons. The summed E-state index contributed by atoms with van der Waals surface area (Å²) in [4.78, 5) is 22.9. The van der Waals surface area contributed by atoms with Crippen molar-refractivity contribution in [2.45, 2.75) is 26.4 Å². The fourth-order valence-corrected chi connectivity index (χ4v) is 1.96. The largest absolute Gasteiger partial charge is 0.478 e. The summed E-state index contributed by atoms with van der Waals surface area (Å²) in [5.41, 5.74) is 0.732. The molecule has 0 amide bonds. The number of carboxylic acids is 1. The highest BCUT2D eigenvalue weighted by Gasteiger charge is 2.20. The SMILES string of the molecule is CC(C)(C)OC(=O)n1cc(C=CC(=O)O)c2ccccc21. The molecule has 0 saturated carbocycles. The molecule has 0 unspecified atom stereocenters. The Morgan fingerprint density at radius 2 is 1.90 bits per heavy atom. The highest BCUT2D eigenvalue weighted by Crippen LogP contribution is 2.23. The third-order valence-corrected chi connectivity index (χ3v) is 2.74. The quantitative estimate of drug-likeness (QED) is 0.858. The standard InChI is InChI=1S/C16H17NO4/c1-16(2,3)21-15(20)17-10-11(8-9-14(18)19)12-6-4-5-7-13(12)17/h4-10H,1-3H3,(H,18,19). The number of hydrogen-bond acceptors (Lipinski definition) is 3. The van der Waals surface area contributed by atoms with Crippen LogP contribution in [0.5, 0.6) is 0 Å². The molecule has 0 aliphatic carbocycles. The van der Waals surface area contributed by atoms with Crippen molar-refractivity contribution in [3.63, 3.8) is 0 Å². The van der Waals surface area contributed by atoms with E-state index in [0.717, 1.165) is 11.5 Å². The predicted molar refractivity (Wildman–Crippen MR) is 80.2 cm³/mol. The van der Waals surface area contributed by atoms with Crippen LogP contribution in [0, 0.1) is 0 Å². The fourth-order valence-electron chi connectivity index (χ4n) is 1.96. The van der Waals surface area contributed by atoms with Crippen molar-refractivity contribution in [1.29, 1.82) is 0 Å². The number of carboxylic acid groups (broad SMARTS) is 1. The van der Waals surface area contributed by atoms with Crippen LogP contribution in [0.2, 0.25) is 0 Å². The summed E-state index contributed by atoms with van der Waals surface area (Å²) < 4.78 is 6.75. The molecule has 2 rings (SSSR count). The first-order valence-corrected chi connectivity index (χ1v) is 6.52. The Hall–Kier alpha value is -2.56. The van der Waals surface area contributed by atoms with Crippen molar-refractivity contribution >= 4 is 29.0 Å². The lowest BCUT2D eigenvalue weighted by Gasteiger charge is -2.19. The Bertz CT molecular complexity index is 719. The number of nitrogens with zero attached hydrogens (tertiary/aromatic N) is 1. The maximum absolute atomic E-state index is 12.2. The molecule has 0 atom stereocenters. The molecule has 0 spiro atoms. The molecule has 0 saturated heterocycles. The number of aromatic nitrogens is 1. The Labute approximate surface area is 122 Å². The van der Waals surface area contributed by atoms with Crippen molar-refractivity contribution in [3.8, 4) is 0 Å². The molecule has 1 aromatic heterocycles. The van der Waals surface area contributed by atoms with Gasteiger partial charge in [0.05, 0.1) is 5.52 Å². The average Bonchev–Trinajstić information content (AvgIpc) is 2.73. The highest BCUT2D eigenvalue weighted by molar-refractivity contribution is 5.97. The topological polar surface area (TPSA) is 68.5 Å². The second-order valence-electron chi connectivity index (χ2n) is 5.62. The van der Waals surface area contributed by atoms with Gasteiger partial charge in [-0.3, -0.25) is 4.57 Å². The first kappa shape index (κ1) is 14.8. The Balaban J connectivity index is 2.50. The van der Waals surface area contributed by atoms with Crippen molar-refractivity contribution in [1.82, 2.24) is 4.57 Å². The number of fused-ring (bicyclic) bond motifs is 1. The molecule has 5 nitrogen and oxygen atoms in total. The zero-order valence-corrected chi connectivity index (χ0v) is 12.2. The molecule has 21 heavy (non-hydrogen) atoms. The zero-order chi connectivity index (χ0) is 15.6. The second-order valence-corrected chi connectivity index (χ2v) is 5.62. The van der Waals surface area contributed by atoms with Gasteiger partial charge in [0.2, 0.25) is 0 Å². The lowest BCUT2D eigenvalue weighted by atomic mass is 10.1. The summed E-state index contributed by atoms with van der Waals surface area (Å²) in [5, 5.41) is 9.52. The summed E-state index contributed by atoms with van der Waals surface area (Å²) in [6.07, 6.45) is 3.60. The van der Waals surface area contributed by atoms with Crippen molar-refractivity contribution in [2.75, 3.05) is 0 Å². The third-order valence-electron chi connectivity index (χ3n) is 2.74. The highest BCUT2D eigenvalue weighted by atomic mass is 16.6. The van der Waals surface area contributed by atoms with E-state index >= 15 is 0 Å². The fraction of sp³-hybridized carbons (Fsp3) is 0.250. The minimum atomic E-state index is -1.04. The predicted octanol–water partition coefficient (Wildman–Crippen LogP) is 3.52. The van der Waals surface area contributed by atoms with Crippen LogP contribution in [0.25, 0.3) is 17.0 Å². The summed E-state index contributed by atoms with van der Waals surface area (Å²) in [7, 11) is 0. The number of ether oxygens (including phenoxy) is 1. The number of rotatable bonds is 2. The van der Waals surface area contributed by atoms with E-state index in [-0.39, 0.29) is 0 Å². The second kappa shape index (κ2) is 5.44. The van der Waals surface area contributed by atoms with Crippen molar-refractivity contribution in [2.24, 2.45) is 0 Å². The molecule has 0 aliphatic heterocycles. The van der Waals surface area contributed by atoms with Gasteiger partial charge in [-0.05, 0) is 32.9 Å². The average molecular weight is 287 g/mol. The van der Waals surface area contributed by atoms with Gasteiger partial charge in [0, 0.05) is 23.2 Å². The smallest absolute Gasteiger partial charge is 0.419 e. The maximum atomic E-state index is 12.2. The lowest BCUT2D eigenvalue weighted by molar-refractivity contribution is -0.131. The summed E-state index contributed by atoms with van der Waals surface area (Å²) in [5.74, 6) is -1.04. The van der Waals surface area contributed by atoms with Gasteiger partial charge >= 0.3 is 12.1 Å². The molecule has 2 aromatic rings. The molecular formula is C16H17NO4. The van der Waals surface area contributed by atoms with Crippen LogP contribution >= 0.6 is 0 Å². The van der Waals surface area contributed by atoms with Gasteiger partial charge in [-0.1, -0.05) is 18.2 Å². The summed E-state index contributed by atoms with van der Waals surface area (Å²) in [6, 6.07) is 7.27. The van der Waals surface area contributed by atoms with Crippen LogP contribution in [0.15, 0.2) is 36.5 Å². The van der Waals surface area contributed by atoms with Gasteiger partial charge in [0.15, 0.2) is 0 Å². The Kier molecular flexibility index (Phi) is 3.84. The molecule has 1 N–H and O–H groups in total. The van der Waals surface area contributed by atoms with E-state index in [9.17, 15) is 9.59 Å². The van der Waals surface area contributed by atoms with Gasteiger partial charge in [-0.25, -0.2) is 9.59 Å². The van der Waals surface area contributed by atoms with E-state index in [1.54, 1.807) is 33.0 Å². The van der Waals surface area contributed by atoms with Gasteiger partial charge in [-0.15, -0.1) is 0 Å². The molecule has 110 valence electrons. The van der Waals surface area contributed by atoms with Crippen LogP contribution in [0.3, 0.4) is 0 Å². The number of carbonyl (C=O) groups is 2. The number of carbonyl (C=O) groups excluding carboxylic acids is 1. The third kappa shape index (κ3) is 3.51. The Morgan fingerprint density at radius 3 is 2.52 bits per heavy atom. The Morgan fingerprint density at radius 1 is 1.24 bits per heavy atom. The van der Waals surface area contributed by atoms with E-state index in [4.69, 9.17) is 9.84 Å². The van der Waals surface area contributed by atoms with Gasteiger partial charge < -0.3 is 9.84 Å². The minimum Gasteiger partial charge on any atom is -0.478 e. The normalized spacial score (nSPS) is 12.0. The first-order chi connectivity index (χ1) is 9.78. The number of aliphatic carboxylic acids is 1. The lowest BCUT2D eigenvalue weighted by Crippen LogP contribution is -2.26. The molecular weight excluding hydrogens is 270 g/mol. The zero-order valence-electron chi connectivity index (χ0n) is 12.2.